The lowest BCUT2D eigenvalue weighted by molar-refractivity contribution is 0.372. The summed E-state index contributed by atoms with van der Waals surface area (Å²) >= 11 is 0. The van der Waals surface area contributed by atoms with Gasteiger partial charge in [0.05, 0.1) is 12.0 Å². The van der Waals surface area contributed by atoms with Gasteiger partial charge in [-0.25, -0.2) is 13.1 Å². The second-order valence-corrected chi connectivity index (χ2v) is 6.94. The summed E-state index contributed by atoms with van der Waals surface area (Å²) < 4.78 is 32.4. The molecule has 2 rings (SSSR count). The van der Waals surface area contributed by atoms with Crippen molar-refractivity contribution < 1.29 is 13.2 Å². The van der Waals surface area contributed by atoms with Gasteiger partial charge in [-0.05, 0) is 62.5 Å². The molecule has 0 saturated carbocycles. The fourth-order valence-corrected chi connectivity index (χ4v) is 3.62. The van der Waals surface area contributed by atoms with Crippen molar-refractivity contribution in [2.24, 2.45) is 5.92 Å². The van der Waals surface area contributed by atoms with Crippen LogP contribution in [0, 0.1) is 12.8 Å². The zero-order chi connectivity index (χ0) is 14.6. The van der Waals surface area contributed by atoms with Crippen LogP contribution in [0.15, 0.2) is 23.1 Å². The van der Waals surface area contributed by atoms with Crippen LogP contribution in [-0.2, 0) is 10.0 Å². The summed E-state index contributed by atoms with van der Waals surface area (Å²) in [5.74, 6) is 1.12. The molecule has 0 spiro atoms. The van der Waals surface area contributed by atoms with Gasteiger partial charge in [0.25, 0.3) is 0 Å². The van der Waals surface area contributed by atoms with E-state index in [1.54, 1.807) is 25.3 Å². The highest BCUT2D eigenvalue weighted by molar-refractivity contribution is 7.89. The van der Waals surface area contributed by atoms with Crippen LogP contribution in [0.5, 0.6) is 5.75 Å². The topological polar surface area (TPSA) is 67.4 Å². The molecule has 1 saturated heterocycles. The van der Waals surface area contributed by atoms with Gasteiger partial charge < -0.3 is 10.1 Å². The molecule has 0 aromatic heterocycles. The quantitative estimate of drug-likeness (QED) is 0.859. The summed E-state index contributed by atoms with van der Waals surface area (Å²) in [6, 6.07) is 4.91. The molecule has 1 fully saturated rings. The van der Waals surface area contributed by atoms with E-state index < -0.39 is 10.0 Å². The molecule has 2 N–H and O–H groups in total. The van der Waals surface area contributed by atoms with Gasteiger partial charge in [0, 0.05) is 6.54 Å². The largest absolute Gasteiger partial charge is 0.496 e. The van der Waals surface area contributed by atoms with Crippen LogP contribution >= 0.6 is 0 Å². The van der Waals surface area contributed by atoms with Gasteiger partial charge in [0.2, 0.25) is 10.0 Å². The fourth-order valence-electron chi connectivity index (χ4n) is 2.41. The van der Waals surface area contributed by atoms with Gasteiger partial charge in [-0.15, -0.1) is 0 Å². The zero-order valence-electron chi connectivity index (χ0n) is 12.0. The summed E-state index contributed by atoms with van der Waals surface area (Å²) in [5.41, 5.74) is 0.817. The summed E-state index contributed by atoms with van der Waals surface area (Å²) in [4.78, 5) is 0.296. The number of benzene rings is 1. The molecule has 0 unspecified atom stereocenters. The second kappa shape index (κ2) is 6.56. The lowest BCUT2D eigenvalue weighted by Gasteiger charge is -2.22. The highest BCUT2D eigenvalue weighted by Crippen LogP contribution is 2.21. The minimum absolute atomic E-state index is 0.296. The number of rotatable bonds is 5. The van der Waals surface area contributed by atoms with Crippen LogP contribution < -0.4 is 14.8 Å². The number of hydrogen-bond acceptors (Lipinski definition) is 4. The number of methoxy groups -OCH3 is 1. The van der Waals surface area contributed by atoms with Crippen LogP contribution in [0.4, 0.5) is 0 Å². The maximum atomic E-state index is 12.3. The van der Waals surface area contributed by atoms with E-state index in [9.17, 15) is 8.42 Å². The van der Waals surface area contributed by atoms with Crippen molar-refractivity contribution in [2.45, 2.75) is 24.7 Å². The van der Waals surface area contributed by atoms with Crippen molar-refractivity contribution in [3.8, 4) is 5.75 Å². The molecule has 20 heavy (non-hydrogen) atoms. The third-order valence-corrected chi connectivity index (χ3v) is 5.12. The Bertz CT molecular complexity index is 552. The Labute approximate surface area is 120 Å². The van der Waals surface area contributed by atoms with E-state index in [0.717, 1.165) is 31.5 Å². The van der Waals surface area contributed by atoms with E-state index in [2.05, 4.69) is 10.0 Å². The molecule has 1 aromatic carbocycles. The molecule has 1 heterocycles. The third-order valence-electron chi connectivity index (χ3n) is 3.70. The van der Waals surface area contributed by atoms with Crippen LogP contribution in [0.1, 0.15) is 18.4 Å². The first-order valence-electron chi connectivity index (χ1n) is 6.88. The Balaban J connectivity index is 2.04. The smallest absolute Gasteiger partial charge is 0.240 e. The van der Waals surface area contributed by atoms with Gasteiger partial charge in [0.15, 0.2) is 0 Å². The van der Waals surface area contributed by atoms with Crippen molar-refractivity contribution in [1.29, 1.82) is 0 Å². The SMILES string of the molecule is COc1ccc(S(=O)(=O)NCC2CCNCC2)cc1C. The maximum absolute atomic E-state index is 12.3. The molecule has 0 amide bonds. The Morgan fingerprint density at radius 1 is 1.35 bits per heavy atom. The minimum Gasteiger partial charge on any atom is -0.496 e. The van der Waals surface area contributed by atoms with Crippen molar-refractivity contribution in [3.05, 3.63) is 23.8 Å². The molecular formula is C14H22N2O3S. The standard InChI is InChI=1S/C14H22N2O3S/c1-11-9-13(3-4-14(11)19-2)20(17,18)16-10-12-5-7-15-8-6-12/h3-4,9,12,15-16H,5-8,10H2,1-2H3. The normalized spacial score (nSPS) is 17.1. The van der Waals surface area contributed by atoms with Crippen molar-refractivity contribution in [2.75, 3.05) is 26.7 Å². The van der Waals surface area contributed by atoms with Crippen LogP contribution in [-0.4, -0.2) is 35.2 Å². The molecule has 5 nitrogen and oxygen atoms in total. The third kappa shape index (κ3) is 3.71. The lowest BCUT2D eigenvalue weighted by Crippen LogP contribution is -2.35. The van der Waals surface area contributed by atoms with Crippen LogP contribution in [0.2, 0.25) is 0 Å². The molecule has 0 atom stereocenters. The second-order valence-electron chi connectivity index (χ2n) is 5.18. The van der Waals surface area contributed by atoms with Gasteiger partial charge in [-0.1, -0.05) is 0 Å². The molecule has 6 heteroatoms. The van der Waals surface area contributed by atoms with Crippen molar-refractivity contribution in [1.82, 2.24) is 10.0 Å². The summed E-state index contributed by atoms with van der Waals surface area (Å²) in [5, 5.41) is 3.27. The molecule has 112 valence electrons. The van der Waals surface area contributed by atoms with E-state index in [-0.39, 0.29) is 0 Å². The maximum Gasteiger partial charge on any atom is 0.240 e. The molecule has 1 aromatic rings. The molecule has 0 bridgehead atoms. The predicted octanol–water partition coefficient (Wildman–Crippen LogP) is 1.28. The lowest BCUT2D eigenvalue weighted by atomic mass is 9.99. The van der Waals surface area contributed by atoms with E-state index in [4.69, 9.17) is 4.74 Å². The summed E-state index contributed by atoms with van der Waals surface area (Å²) in [6.07, 6.45) is 2.04. The summed E-state index contributed by atoms with van der Waals surface area (Å²) in [7, 11) is -1.86. The number of ether oxygens (including phenoxy) is 1. The first-order valence-corrected chi connectivity index (χ1v) is 8.36. The van der Waals surface area contributed by atoms with E-state index in [1.165, 1.54) is 0 Å². The Kier molecular flexibility index (Phi) is 5.01. The first-order chi connectivity index (χ1) is 9.53. The minimum atomic E-state index is -3.43. The Morgan fingerprint density at radius 2 is 2.05 bits per heavy atom. The number of nitrogens with one attached hydrogen (secondary N) is 2. The van der Waals surface area contributed by atoms with E-state index >= 15 is 0 Å². The first kappa shape index (κ1) is 15.3. The predicted molar refractivity (Wildman–Crippen MR) is 78.5 cm³/mol. The van der Waals surface area contributed by atoms with Crippen LogP contribution in [0.25, 0.3) is 0 Å². The zero-order valence-corrected chi connectivity index (χ0v) is 12.8. The monoisotopic (exact) mass is 298 g/mol. The molecule has 0 radical (unpaired) electrons. The summed E-state index contributed by atoms with van der Waals surface area (Å²) in [6.45, 7) is 4.28. The number of aryl methyl sites for hydroxylation is 1. The average Bonchev–Trinajstić information content (AvgIpc) is 2.46. The number of sulfonamides is 1. The molecule has 1 aliphatic heterocycles. The number of hydrogen-bond donors (Lipinski definition) is 2. The Hall–Kier alpha value is -1.11. The number of piperidine rings is 1. The van der Waals surface area contributed by atoms with E-state index in [1.807, 2.05) is 6.92 Å². The fraction of sp³-hybridized carbons (Fsp3) is 0.571. The van der Waals surface area contributed by atoms with Gasteiger partial charge in [-0.3, -0.25) is 0 Å². The van der Waals surface area contributed by atoms with Gasteiger partial charge in [-0.2, -0.15) is 0 Å². The van der Waals surface area contributed by atoms with Gasteiger partial charge >= 0.3 is 0 Å². The molecular weight excluding hydrogens is 276 g/mol. The highest BCUT2D eigenvalue weighted by Gasteiger charge is 2.19. The van der Waals surface area contributed by atoms with Crippen molar-refractivity contribution in [3.63, 3.8) is 0 Å². The van der Waals surface area contributed by atoms with E-state index in [0.29, 0.717) is 23.1 Å². The Morgan fingerprint density at radius 3 is 2.65 bits per heavy atom. The average molecular weight is 298 g/mol. The highest BCUT2D eigenvalue weighted by atomic mass is 32.2. The van der Waals surface area contributed by atoms with Crippen LogP contribution in [0.3, 0.4) is 0 Å². The molecule has 0 aliphatic carbocycles. The van der Waals surface area contributed by atoms with Gasteiger partial charge in [0.1, 0.15) is 5.75 Å². The molecule has 1 aliphatic rings. The van der Waals surface area contributed by atoms with Crippen molar-refractivity contribution >= 4 is 10.0 Å².